The number of anilines is 3. The van der Waals surface area contributed by atoms with Crippen molar-refractivity contribution < 1.29 is 0 Å². The van der Waals surface area contributed by atoms with E-state index in [1.807, 2.05) is 37.3 Å². The van der Waals surface area contributed by atoms with Gasteiger partial charge in [0.2, 0.25) is 0 Å². The fraction of sp³-hybridized carbons (Fsp3) is 0.438. The van der Waals surface area contributed by atoms with Gasteiger partial charge in [-0.05, 0) is 46.6 Å². The minimum atomic E-state index is 0.877. The molecule has 1 aliphatic rings. The molecule has 1 aliphatic heterocycles. The van der Waals surface area contributed by atoms with Gasteiger partial charge in [0.1, 0.15) is 5.82 Å². The molecule has 2 aromatic rings. The van der Waals surface area contributed by atoms with Crippen LogP contribution < -0.4 is 14.7 Å². The number of aromatic nitrogens is 3. The van der Waals surface area contributed by atoms with E-state index in [0.717, 1.165) is 48.1 Å². The van der Waals surface area contributed by atoms with E-state index in [2.05, 4.69) is 53.9 Å². The van der Waals surface area contributed by atoms with Crippen molar-refractivity contribution in [1.29, 1.82) is 0 Å². The lowest BCUT2D eigenvalue weighted by Crippen LogP contribution is -2.47. The van der Waals surface area contributed by atoms with E-state index in [9.17, 15) is 0 Å². The Bertz CT molecular complexity index is 665. The van der Waals surface area contributed by atoms with Crippen LogP contribution in [-0.4, -0.2) is 55.5 Å². The zero-order valence-corrected chi connectivity index (χ0v) is 15.3. The summed E-state index contributed by atoms with van der Waals surface area (Å²) in [5.74, 6) is 2.89. The van der Waals surface area contributed by atoms with Crippen molar-refractivity contribution in [3.8, 4) is 0 Å². The molecule has 3 heterocycles. The molecule has 0 radical (unpaired) electrons. The van der Waals surface area contributed by atoms with Crippen LogP contribution in [-0.2, 0) is 0 Å². The Hall–Kier alpha value is -1.89. The maximum absolute atomic E-state index is 4.56. The summed E-state index contributed by atoms with van der Waals surface area (Å²) in [7, 11) is 3.94. The Kier molecular flexibility index (Phi) is 4.66. The number of rotatable bonds is 3. The first-order valence-corrected chi connectivity index (χ1v) is 8.47. The molecule has 2 aromatic heterocycles. The average Bonchev–Trinajstić information content (AvgIpc) is 2.55. The lowest BCUT2D eigenvalue weighted by atomic mass is 10.2. The molecular weight excluding hydrogens is 356 g/mol. The van der Waals surface area contributed by atoms with Crippen LogP contribution in [0.5, 0.6) is 0 Å². The van der Waals surface area contributed by atoms with Crippen molar-refractivity contribution in [2.45, 2.75) is 6.92 Å². The Balaban J connectivity index is 1.66. The third kappa shape index (κ3) is 3.55. The smallest absolute Gasteiger partial charge is 0.151 e. The van der Waals surface area contributed by atoms with Crippen LogP contribution in [0.3, 0.4) is 0 Å². The number of pyridine rings is 1. The summed E-state index contributed by atoms with van der Waals surface area (Å²) < 4.78 is 1.02. The van der Waals surface area contributed by atoms with Gasteiger partial charge in [0, 0.05) is 50.9 Å². The molecule has 0 spiro atoms. The van der Waals surface area contributed by atoms with Crippen molar-refractivity contribution in [3.05, 3.63) is 34.4 Å². The molecule has 1 fully saturated rings. The molecular formula is C16H21BrN6. The maximum atomic E-state index is 4.56. The van der Waals surface area contributed by atoms with Gasteiger partial charge >= 0.3 is 0 Å². The fourth-order valence-corrected chi connectivity index (χ4v) is 3.18. The van der Waals surface area contributed by atoms with Crippen LogP contribution in [0.15, 0.2) is 28.9 Å². The lowest BCUT2D eigenvalue weighted by molar-refractivity contribution is 0.636. The van der Waals surface area contributed by atoms with Gasteiger partial charge in [-0.15, -0.1) is 10.2 Å². The molecule has 122 valence electrons. The molecule has 0 atom stereocenters. The number of nitrogens with zero attached hydrogens (tertiary/aromatic N) is 6. The number of aryl methyl sites for hydroxylation is 1. The van der Waals surface area contributed by atoms with Gasteiger partial charge in [-0.3, -0.25) is 0 Å². The van der Waals surface area contributed by atoms with Gasteiger partial charge in [-0.2, -0.15) is 0 Å². The highest BCUT2D eigenvalue weighted by molar-refractivity contribution is 9.10. The first-order valence-electron chi connectivity index (χ1n) is 7.67. The van der Waals surface area contributed by atoms with E-state index in [4.69, 9.17) is 0 Å². The first kappa shape index (κ1) is 16.0. The molecule has 0 amide bonds. The molecule has 0 saturated carbocycles. The summed E-state index contributed by atoms with van der Waals surface area (Å²) in [6, 6.07) is 6.16. The van der Waals surface area contributed by atoms with Crippen LogP contribution in [0.2, 0.25) is 0 Å². The van der Waals surface area contributed by atoms with E-state index in [0.29, 0.717) is 0 Å². The zero-order valence-electron chi connectivity index (χ0n) is 13.7. The monoisotopic (exact) mass is 376 g/mol. The molecule has 6 nitrogen and oxygen atoms in total. The minimum absolute atomic E-state index is 0.877. The molecule has 0 N–H and O–H groups in total. The van der Waals surface area contributed by atoms with E-state index in [-0.39, 0.29) is 0 Å². The Morgan fingerprint density at radius 1 is 1.04 bits per heavy atom. The van der Waals surface area contributed by atoms with Crippen LogP contribution in [0.4, 0.5) is 17.5 Å². The SMILES string of the molecule is Cc1cc(Br)cnc1N1CCN(c2ccc(N(C)C)nn2)CC1. The van der Waals surface area contributed by atoms with Gasteiger partial charge in [0.25, 0.3) is 0 Å². The summed E-state index contributed by atoms with van der Waals surface area (Å²) in [6.07, 6.45) is 1.86. The quantitative estimate of drug-likeness (QED) is 0.819. The number of hydrogen-bond acceptors (Lipinski definition) is 6. The second-order valence-electron chi connectivity index (χ2n) is 5.91. The summed E-state index contributed by atoms with van der Waals surface area (Å²) in [5, 5.41) is 8.60. The Morgan fingerprint density at radius 3 is 2.30 bits per heavy atom. The predicted molar refractivity (Wildman–Crippen MR) is 97.5 cm³/mol. The molecule has 0 aromatic carbocycles. The lowest BCUT2D eigenvalue weighted by Gasteiger charge is -2.36. The first-order chi connectivity index (χ1) is 11.0. The van der Waals surface area contributed by atoms with Gasteiger partial charge in [-0.25, -0.2) is 4.98 Å². The highest BCUT2D eigenvalue weighted by atomic mass is 79.9. The average molecular weight is 377 g/mol. The predicted octanol–water partition coefficient (Wildman–Crippen LogP) is 2.34. The van der Waals surface area contributed by atoms with Crippen molar-refractivity contribution in [2.75, 3.05) is 55.0 Å². The molecule has 0 unspecified atom stereocenters. The molecule has 3 rings (SSSR count). The molecule has 0 bridgehead atoms. The van der Waals surface area contributed by atoms with Gasteiger partial charge in [-0.1, -0.05) is 0 Å². The maximum Gasteiger partial charge on any atom is 0.151 e. The summed E-state index contributed by atoms with van der Waals surface area (Å²) in [6.45, 7) is 5.82. The minimum Gasteiger partial charge on any atom is -0.361 e. The van der Waals surface area contributed by atoms with Crippen molar-refractivity contribution in [3.63, 3.8) is 0 Å². The van der Waals surface area contributed by atoms with Crippen molar-refractivity contribution >= 4 is 33.4 Å². The van der Waals surface area contributed by atoms with Crippen LogP contribution in [0.1, 0.15) is 5.56 Å². The summed E-state index contributed by atoms with van der Waals surface area (Å²) in [5.41, 5.74) is 1.20. The molecule has 1 saturated heterocycles. The Morgan fingerprint density at radius 2 is 1.74 bits per heavy atom. The normalized spacial score (nSPS) is 15.0. The second-order valence-corrected chi connectivity index (χ2v) is 6.83. The number of halogens is 1. The molecule has 0 aliphatic carbocycles. The number of piperazine rings is 1. The van der Waals surface area contributed by atoms with Gasteiger partial charge < -0.3 is 14.7 Å². The van der Waals surface area contributed by atoms with Crippen LogP contribution in [0.25, 0.3) is 0 Å². The summed E-state index contributed by atoms with van der Waals surface area (Å²) >= 11 is 3.47. The summed E-state index contributed by atoms with van der Waals surface area (Å²) in [4.78, 5) is 11.1. The van der Waals surface area contributed by atoms with Gasteiger partial charge in [0.05, 0.1) is 0 Å². The highest BCUT2D eigenvalue weighted by Gasteiger charge is 2.20. The third-order valence-corrected chi connectivity index (χ3v) is 4.45. The zero-order chi connectivity index (χ0) is 16.4. The fourth-order valence-electron chi connectivity index (χ4n) is 2.74. The van der Waals surface area contributed by atoms with Crippen molar-refractivity contribution in [1.82, 2.24) is 15.2 Å². The number of hydrogen-bond donors (Lipinski definition) is 0. The second kappa shape index (κ2) is 6.70. The van der Waals surface area contributed by atoms with Crippen molar-refractivity contribution in [2.24, 2.45) is 0 Å². The largest absolute Gasteiger partial charge is 0.361 e. The van der Waals surface area contributed by atoms with Gasteiger partial charge in [0.15, 0.2) is 11.6 Å². The topological polar surface area (TPSA) is 48.4 Å². The van der Waals surface area contributed by atoms with E-state index in [1.54, 1.807) is 0 Å². The Labute approximate surface area is 145 Å². The van der Waals surface area contributed by atoms with E-state index in [1.165, 1.54) is 5.56 Å². The highest BCUT2D eigenvalue weighted by Crippen LogP contribution is 2.23. The van der Waals surface area contributed by atoms with Crippen LogP contribution >= 0.6 is 15.9 Å². The van der Waals surface area contributed by atoms with E-state index >= 15 is 0 Å². The third-order valence-electron chi connectivity index (χ3n) is 4.02. The van der Waals surface area contributed by atoms with Crippen LogP contribution in [0, 0.1) is 6.92 Å². The molecule has 23 heavy (non-hydrogen) atoms. The van der Waals surface area contributed by atoms with E-state index < -0.39 is 0 Å². The molecule has 7 heteroatoms. The standard InChI is InChI=1S/C16H21BrN6/c1-12-10-13(17)11-18-16(12)23-8-6-22(7-9-23)15-5-4-14(19-20-15)21(2)3/h4-5,10-11H,6-9H2,1-3H3.